The molecule has 0 saturated heterocycles. The van der Waals surface area contributed by atoms with Gasteiger partial charge in [0, 0.05) is 0 Å². The smallest absolute Gasteiger partial charge is 0.329 e. The number of ether oxygens (including phenoxy) is 1. The molecular weight excluding hydrogens is 188 g/mol. The van der Waals surface area contributed by atoms with E-state index in [1.807, 2.05) is 18.2 Å². The number of fused-ring (bicyclic) bond motifs is 1. The molecular formula is C8H8N2O2S. The van der Waals surface area contributed by atoms with Gasteiger partial charge in [-0.15, -0.1) is 0 Å². The summed E-state index contributed by atoms with van der Waals surface area (Å²) in [6.45, 7) is 0. The maximum absolute atomic E-state index is 11.0. The number of amides is 2. The highest BCUT2D eigenvalue weighted by Gasteiger charge is 2.17. The van der Waals surface area contributed by atoms with Crippen molar-refractivity contribution in [3.05, 3.63) is 18.2 Å². The average molecular weight is 196 g/mol. The molecule has 2 N–H and O–H groups in total. The lowest BCUT2D eigenvalue weighted by Gasteiger charge is -2.18. The van der Waals surface area contributed by atoms with Crippen LogP contribution in [0.5, 0.6) is 5.75 Å². The summed E-state index contributed by atoms with van der Waals surface area (Å²) in [6, 6.07) is 5.38. The van der Waals surface area contributed by atoms with Gasteiger partial charge in [-0.25, -0.2) is 4.79 Å². The molecule has 0 spiro atoms. The number of carbonyl (C=O) groups is 1. The molecule has 2 amide bonds. The second kappa shape index (κ2) is 3.18. The lowest BCUT2D eigenvalue weighted by atomic mass is 10.3. The van der Waals surface area contributed by atoms with Gasteiger partial charge in [-0.3, -0.25) is 4.72 Å². The second-order valence-corrected chi connectivity index (χ2v) is 3.34. The number of urea groups is 1. The van der Waals surface area contributed by atoms with Crippen molar-refractivity contribution in [1.29, 1.82) is 0 Å². The highest BCUT2D eigenvalue weighted by atomic mass is 32.2. The molecule has 1 aliphatic heterocycles. The fraction of sp³-hybridized carbons (Fsp3) is 0.125. The van der Waals surface area contributed by atoms with Gasteiger partial charge in [-0.05, 0) is 24.1 Å². The standard InChI is InChI=1S/C8H8N2O2S/c1-12-5-3-2-4-6-7(5)9-8(11)10-13-6/h2-4H,1H3,(H2,9,10,11). The molecule has 1 aromatic rings. The zero-order valence-corrected chi connectivity index (χ0v) is 7.77. The van der Waals surface area contributed by atoms with E-state index in [0.29, 0.717) is 5.75 Å². The third-order valence-corrected chi connectivity index (χ3v) is 2.55. The van der Waals surface area contributed by atoms with Gasteiger partial charge in [0.05, 0.1) is 12.0 Å². The molecule has 4 nitrogen and oxygen atoms in total. The van der Waals surface area contributed by atoms with Crippen molar-refractivity contribution >= 4 is 23.7 Å². The van der Waals surface area contributed by atoms with Crippen LogP contribution in [0.2, 0.25) is 0 Å². The van der Waals surface area contributed by atoms with Crippen LogP contribution >= 0.6 is 11.9 Å². The molecule has 0 fully saturated rings. The Morgan fingerprint density at radius 1 is 1.46 bits per heavy atom. The van der Waals surface area contributed by atoms with Gasteiger partial charge in [0.2, 0.25) is 0 Å². The number of rotatable bonds is 1. The van der Waals surface area contributed by atoms with Crippen LogP contribution in [0.4, 0.5) is 10.5 Å². The van der Waals surface area contributed by atoms with E-state index < -0.39 is 0 Å². The van der Waals surface area contributed by atoms with E-state index in [1.165, 1.54) is 11.9 Å². The number of benzene rings is 1. The number of methoxy groups -OCH3 is 1. The molecule has 2 rings (SSSR count). The van der Waals surface area contributed by atoms with Crippen molar-refractivity contribution in [2.75, 3.05) is 12.4 Å². The van der Waals surface area contributed by atoms with Crippen LogP contribution in [-0.2, 0) is 0 Å². The Labute approximate surface area is 79.8 Å². The first kappa shape index (κ1) is 8.25. The largest absolute Gasteiger partial charge is 0.495 e. The van der Waals surface area contributed by atoms with Gasteiger partial charge in [0.25, 0.3) is 0 Å². The van der Waals surface area contributed by atoms with Crippen LogP contribution in [-0.4, -0.2) is 13.1 Å². The molecule has 0 saturated carbocycles. The van der Waals surface area contributed by atoms with Crippen LogP contribution in [0, 0.1) is 0 Å². The number of hydrogen-bond donors (Lipinski definition) is 2. The van der Waals surface area contributed by atoms with Crippen LogP contribution in [0.3, 0.4) is 0 Å². The summed E-state index contributed by atoms with van der Waals surface area (Å²) in [5, 5.41) is 2.68. The number of anilines is 1. The summed E-state index contributed by atoms with van der Waals surface area (Å²) >= 11 is 1.28. The minimum atomic E-state index is -0.220. The van der Waals surface area contributed by atoms with Crippen molar-refractivity contribution < 1.29 is 9.53 Å². The Morgan fingerprint density at radius 2 is 2.31 bits per heavy atom. The molecule has 13 heavy (non-hydrogen) atoms. The van der Waals surface area contributed by atoms with E-state index in [0.717, 1.165) is 10.6 Å². The van der Waals surface area contributed by atoms with Crippen molar-refractivity contribution in [1.82, 2.24) is 4.72 Å². The fourth-order valence-electron chi connectivity index (χ4n) is 1.13. The molecule has 0 unspecified atom stereocenters. The van der Waals surface area contributed by atoms with Gasteiger partial charge < -0.3 is 10.1 Å². The Bertz CT molecular complexity index is 340. The van der Waals surface area contributed by atoms with Crippen molar-refractivity contribution in [2.24, 2.45) is 0 Å². The number of hydrogen-bond acceptors (Lipinski definition) is 3. The number of nitrogens with one attached hydrogen (secondary N) is 2. The lowest BCUT2D eigenvalue weighted by Crippen LogP contribution is -2.27. The van der Waals surface area contributed by atoms with E-state index in [-0.39, 0.29) is 6.03 Å². The summed E-state index contributed by atoms with van der Waals surface area (Å²) in [5.41, 5.74) is 0.735. The Kier molecular flexibility index (Phi) is 2.02. The van der Waals surface area contributed by atoms with Gasteiger partial charge in [-0.1, -0.05) is 6.07 Å². The predicted molar refractivity (Wildman–Crippen MR) is 51.0 cm³/mol. The first-order chi connectivity index (χ1) is 6.31. The Balaban J connectivity index is 2.46. The van der Waals surface area contributed by atoms with E-state index in [2.05, 4.69) is 10.0 Å². The minimum absolute atomic E-state index is 0.220. The molecule has 1 aromatic carbocycles. The average Bonchev–Trinajstić information content (AvgIpc) is 2.17. The highest BCUT2D eigenvalue weighted by Crippen LogP contribution is 2.36. The molecule has 5 heteroatoms. The molecule has 0 aliphatic carbocycles. The summed E-state index contributed by atoms with van der Waals surface area (Å²) < 4.78 is 7.71. The van der Waals surface area contributed by atoms with E-state index in [4.69, 9.17) is 4.74 Å². The monoisotopic (exact) mass is 196 g/mol. The van der Waals surface area contributed by atoms with Crippen LogP contribution in [0.15, 0.2) is 23.1 Å². The highest BCUT2D eigenvalue weighted by molar-refractivity contribution is 7.98. The molecule has 0 bridgehead atoms. The quantitative estimate of drug-likeness (QED) is 0.674. The van der Waals surface area contributed by atoms with E-state index in [1.54, 1.807) is 7.11 Å². The van der Waals surface area contributed by atoms with Crippen molar-refractivity contribution in [3.63, 3.8) is 0 Å². The molecule has 0 radical (unpaired) electrons. The maximum Gasteiger partial charge on any atom is 0.329 e. The lowest BCUT2D eigenvalue weighted by molar-refractivity contribution is 0.256. The topological polar surface area (TPSA) is 50.4 Å². The van der Waals surface area contributed by atoms with Gasteiger partial charge >= 0.3 is 6.03 Å². The predicted octanol–water partition coefficient (Wildman–Crippen LogP) is 1.84. The third kappa shape index (κ3) is 1.42. The molecule has 0 aromatic heterocycles. The molecule has 0 atom stereocenters. The van der Waals surface area contributed by atoms with Gasteiger partial charge in [0.1, 0.15) is 11.4 Å². The summed E-state index contributed by atoms with van der Waals surface area (Å²) in [5.74, 6) is 0.680. The van der Waals surface area contributed by atoms with E-state index in [9.17, 15) is 4.79 Å². The van der Waals surface area contributed by atoms with Crippen LogP contribution in [0.1, 0.15) is 0 Å². The molecule has 68 valence electrons. The normalized spacial score (nSPS) is 14.1. The Morgan fingerprint density at radius 3 is 3.08 bits per heavy atom. The summed E-state index contributed by atoms with van der Waals surface area (Å²) in [4.78, 5) is 12.0. The summed E-state index contributed by atoms with van der Waals surface area (Å²) in [7, 11) is 1.58. The summed E-state index contributed by atoms with van der Waals surface area (Å²) in [6.07, 6.45) is 0. The molecule has 1 aliphatic rings. The van der Waals surface area contributed by atoms with E-state index >= 15 is 0 Å². The zero-order chi connectivity index (χ0) is 9.26. The zero-order valence-electron chi connectivity index (χ0n) is 6.96. The second-order valence-electron chi connectivity index (χ2n) is 2.49. The maximum atomic E-state index is 11.0. The Hall–Kier alpha value is -1.36. The first-order valence-electron chi connectivity index (χ1n) is 3.72. The number of para-hydroxylation sites is 1. The fourth-order valence-corrected chi connectivity index (χ4v) is 1.78. The SMILES string of the molecule is COc1cccc2c1NC(=O)NS2. The van der Waals surface area contributed by atoms with Crippen molar-refractivity contribution in [2.45, 2.75) is 4.90 Å². The first-order valence-corrected chi connectivity index (χ1v) is 4.54. The van der Waals surface area contributed by atoms with Gasteiger partial charge in [0.15, 0.2) is 0 Å². The molecule has 1 heterocycles. The van der Waals surface area contributed by atoms with Crippen LogP contribution in [0.25, 0.3) is 0 Å². The van der Waals surface area contributed by atoms with Crippen molar-refractivity contribution in [3.8, 4) is 5.75 Å². The minimum Gasteiger partial charge on any atom is -0.495 e. The number of carbonyl (C=O) groups excluding carboxylic acids is 1. The van der Waals surface area contributed by atoms with Crippen LogP contribution < -0.4 is 14.8 Å². The third-order valence-electron chi connectivity index (χ3n) is 1.70. The van der Waals surface area contributed by atoms with Gasteiger partial charge in [-0.2, -0.15) is 0 Å².